The fraction of sp³-hybridized carbons (Fsp3) is 0.353. The molecule has 0 bridgehead atoms. The van der Waals surface area contributed by atoms with E-state index in [0.29, 0.717) is 0 Å². The van der Waals surface area contributed by atoms with E-state index in [1.54, 1.807) is 0 Å². The van der Waals surface area contributed by atoms with E-state index in [4.69, 9.17) is 0 Å². The molecule has 20 heavy (non-hydrogen) atoms. The molecule has 3 aromatic rings. The number of fused-ring (bicyclic) bond motifs is 5. The van der Waals surface area contributed by atoms with Crippen LogP contribution in [-0.2, 0) is 12.6 Å². The lowest BCUT2D eigenvalue weighted by Gasteiger charge is -2.18. The van der Waals surface area contributed by atoms with Gasteiger partial charge in [-0.15, -0.1) is 11.3 Å². The molecule has 0 fully saturated rings. The second-order valence-electron chi connectivity index (χ2n) is 6.24. The van der Waals surface area contributed by atoms with Crippen LogP contribution in [0.4, 0.5) is 0 Å². The molecule has 0 amide bonds. The van der Waals surface area contributed by atoms with Gasteiger partial charge in [0.25, 0.3) is 5.82 Å². The van der Waals surface area contributed by atoms with Crippen LogP contribution in [0.2, 0.25) is 0 Å². The van der Waals surface area contributed by atoms with E-state index in [2.05, 4.69) is 68.1 Å². The molecule has 0 unspecified atom stereocenters. The average Bonchev–Trinajstić information content (AvgIpc) is 2.97. The number of nitrogens with zero attached hydrogens (tertiary/aromatic N) is 2. The summed E-state index contributed by atoms with van der Waals surface area (Å²) >= 11 is 1.93. The Balaban J connectivity index is 2.22. The molecular formula is C17H19N2S+. The first kappa shape index (κ1) is 12.2. The van der Waals surface area contributed by atoms with Gasteiger partial charge in [0.2, 0.25) is 0 Å². The molecule has 0 aliphatic carbocycles. The van der Waals surface area contributed by atoms with Gasteiger partial charge in [0.05, 0.1) is 11.9 Å². The Hall–Kier alpha value is -1.61. The molecule has 2 nitrogen and oxygen atoms in total. The van der Waals surface area contributed by atoms with E-state index in [1.165, 1.54) is 37.7 Å². The molecule has 0 radical (unpaired) electrons. The van der Waals surface area contributed by atoms with Crippen molar-refractivity contribution in [1.29, 1.82) is 0 Å². The molecule has 0 atom stereocenters. The molecule has 4 rings (SSSR count). The Morgan fingerprint density at radius 2 is 1.85 bits per heavy atom. The lowest BCUT2D eigenvalue weighted by molar-refractivity contribution is -0.736. The van der Waals surface area contributed by atoms with E-state index in [0.717, 1.165) is 0 Å². The van der Waals surface area contributed by atoms with Crippen LogP contribution in [0.25, 0.3) is 20.7 Å². The Kier molecular flexibility index (Phi) is 2.14. The molecule has 0 spiro atoms. The van der Waals surface area contributed by atoms with Crippen molar-refractivity contribution in [2.24, 2.45) is 7.05 Å². The van der Waals surface area contributed by atoms with Crippen LogP contribution in [0, 0.1) is 13.8 Å². The third-order valence-electron chi connectivity index (χ3n) is 4.86. The minimum atomic E-state index is 0.0281. The highest BCUT2D eigenvalue weighted by molar-refractivity contribution is 7.22. The zero-order valence-corrected chi connectivity index (χ0v) is 13.4. The van der Waals surface area contributed by atoms with Crippen LogP contribution in [0.15, 0.2) is 24.3 Å². The molecule has 3 heteroatoms. The number of hydrogen-bond donors (Lipinski definition) is 0. The van der Waals surface area contributed by atoms with Crippen molar-refractivity contribution >= 4 is 21.4 Å². The van der Waals surface area contributed by atoms with Crippen molar-refractivity contribution in [3.8, 4) is 10.6 Å². The summed E-state index contributed by atoms with van der Waals surface area (Å²) in [5.74, 6) is 1.33. The van der Waals surface area contributed by atoms with Gasteiger partial charge in [0.15, 0.2) is 5.69 Å². The quantitative estimate of drug-likeness (QED) is 0.553. The molecule has 0 saturated heterocycles. The van der Waals surface area contributed by atoms with Crippen molar-refractivity contribution in [2.45, 2.75) is 33.2 Å². The van der Waals surface area contributed by atoms with Crippen LogP contribution in [0.3, 0.4) is 0 Å². The van der Waals surface area contributed by atoms with Gasteiger partial charge in [-0.3, -0.25) is 0 Å². The second-order valence-corrected chi connectivity index (χ2v) is 7.29. The highest BCUT2D eigenvalue weighted by atomic mass is 32.1. The minimum Gasteiger partial charge on any atom is -0.234 e. The molecule has 3 heterocycles. The molecular weight excluding hydrogens is 264 g/mol. The molecule has 102 valence electrons. The van der Waals surface area contributed by atoms with Crippen molar-refractivity contribution in [1.82, 2.24) is 4.57 Å². The highest BCUT2D eigenvalue weighted by Gasteiger charge is 2.47. The smallest absolute Gasteiger partial charge is 0.234 e. The van der Waals surface area contributed by atoms with E-state index in [1.807, 2.05) is 11.3 Å². The van der Waals surface area contributed by atoms with Crippen LogP contribution < -0.4 is 4.57 Å². The maximum Gasteiger partial charge on any atom is 0.254 e. The van der Waals surface area contributed by atoms with Gasteiger partial charge >= 0.3 is 0 Å². The van der Waals surface area contributed by atoms with Crippen molar-refractivity contribution in [3.63, 3.8) is 0 Å². The summed E-state index contributed by atoms with van der Waals surface area (Å²) in [6.45, 7) is 9.13. The van der Waals surface area contributed by atoms with Gasteiger partial charge in [0, 0.05) is 29.5 Å². The predicted molar refractivity (Wildman–Crippen MR) is 84.3 cm³/mol. The van der Waals surface area contributed by atoms with Gasteiger partial charge in [0.1, 0.15) is 11.2 Å². The minimum absolute atomic E-state index is 0.0281. The van der Waals surface area contributed by atoms with E-state index >= 15 is 0 Å². The van der Waals surface area contributed by atoms with Gasteiger partial charge in [-0.05, 0) is 19.9 Å². The van der Waals surface area contributed by atoms with E-state index < -0.39 is 0 Å². The number of thiophene rings is 1. The van der Waals surface area contributed by atoms with Crippen LogP contribution in [-0.4, -0.2) is 4.57 Å². The number of hydrogen-bond acceptors (Lipinski definition) is 1. The molecule has 0 saturated carbocycles. The summed E-state index contributed by atoms with van der Waals surface area (Å²) in [5.41, 5.74) is 4.30. The van der Waals surface area contributed by atoms with Crippen molar-refractivity contribution in [2.75, 3.05) is 0 Å². The maximum absolute atomic E-state index is 2.51. The fourth-order valence-electron chi connectivity index (χ4n) is 3.76. The number of rotatable bonds is 0. The Morgan fingerprint density at radius 1 is 1.15 bits per heavy atom. The van der Waals surface area contributed by atoms with E-state index in [9.17, 15) is 0 Å². The molecule has 1 aliphatic rings. The lowest BCUT2D eigenvalue weighted by atomic mass is 9.94. The van der Waals surface area contributed by atoms with Crippen molar-refractivity contribution < 1.29 is 4.57 Å². The van der Waals surface area contributed by atoms with Crippen LogP contribution in [0.1, 0.15) is 30.9 Å². The summed E-state index contributed by atoms with van der Waals surface area (Å²) in [7, 11) is 2.17. The average molecular weight is 283 g/mol. The second kappa shape index (κ2) is 3.53. The topological polar surface area (TPSA) is 8.81 Å². The van der Waals surface area contributed by atoms with Gasteiger partial charge in [-0.1, -0.05) is 18.2 Å². The van der Waals surface area contributed by atoms with Crippen LogP contribution >= 0.6 is 11.3 Å². The predicted octanol–water partition coefficient (Wildman–Crippen LogP) is 3.91. The maximum atomic E-state index is 2.51. The zero-order chi connectivity index (χ0) is 14.2. The Labute approximate surface area is 123 Å². The SMILES string of the molecule is Cc1c2[n+](c(C)n1C)C(C)(C)c1c-2sc2ccccc12. The largest absolute Gasteiger partial charge is 0.254 e. The summed E-state index contributed by atoms with van der Waals surface area (Å²) in [4.78, 5) is 1.46. The van der Waals surface area contributed by atoms with Crippen LogP contribution in [0.5, 0.6) is 0 Å². The first-order chi connectivity index (χ1) is 9.44. The van der Waals surface area contributed by atoms with E-state index in [-0.39, 0.29) is 5.54 Å². The number of aromatic nitrogens is 2. The summed E-state index contributed by atoms with van der Waals surface area (Å²) in [6, 6.07) is 8.80. The Morgan fingerprint density at radius 3 is 2.60 bits per heavy atom. The van der Waals surface area contributed by atoms with Gasteiger partial charge in [-0.25, -0.2) is 9.13 Å². The van der Waals surface area contributed by atoms with Gasteiger partial charge < -0.3 is 0 Å². The molecule has 1 aromatic carbocycles. The number of benzene rings is 1. The molecule has 0 N–H and O–H groups in total. The normalized spacial score (nSPS) is 15.7. The third-order valence-corrected chi connectivity index (χ3v) is 6.04. The fourth-order valence-corrected chi connectivity index (χ4v) is 5.20. The first-order valence-electron chi connectivity index (χ1n) is 7.05. The monoisotopic (exact) mass is 283 g/mol. The Bertz CT molecular complexity index is 865. The third kappa shape index (κ3) is 1.18. The lowest BCUT2D eigenvalue weighted by Crippen LogP contribution is -2.52. The standard InChI is InChI=1S/C17H19N2S/c1-10-15-16-14(12-8-6-7-9-13(12)20-16)17(3,4)19(15)11(2)18(10)5/h6-9H,1-5H3/q+1. The summed E-state index contributed by atoms with van der Waals surface area (Å²) in [5, 5.41) is 1.42. The first-order valence-corrected chi connectivity index (χ1v) is 7.87. The number of imidazole rings is 1. The summed E-state index contributed by atoms with van der Waals surface area (Å²) < 4.78 is 6.22. The molecule has 2 aromatic heterocycles. The molecule has 1 aliphatic heterocycles. The highest BCUT2D eigenvalue weighted by Crippen LogP contribution is 2.48. The van der Waals surface area contributed by atoms with Gasteiger partial charge in [-0.2, -0.15) is 0 Å². The zero-order valence-electron chi connectivity index (χ0n) is 12.6. The van der Waals surface area contributed by atoms with Crippen molar-refractivity contribution in [3.05, 3.63) is 41.3 Å². The summed E-state index contributed by atoms with van der Waals surface area (Å²) in [6.07, 6.45) is 0.